The first-order valence-electron chi connectivity index (χ1n) is 9.67. The SMILES string of the molecule is CCOc1cccc2c1NC(c1ccc(OC(C)=O)c(OC)c1)C1CC=CC21. The molecule has 2 aromatic rings. The Labute approximate surface area is 165 Å². The highest BCUT2D eigenvalue weighted by atomic mass is 16.6. The van der Waals surface area contributed by atoms with Crippen molar-refractivity contribution in [2.45, 2.75) is 32.2 Å². The predicted octanol–water partition coefficient (Wildman–Crippen LogP) is 4.85. The quantitative estimate of drug-likeness (QED) is 0.457. The van der Waals surface area contributed by atoms with Crippen LogP contribution in [-0.2, 0) is 4.79 Å². The van der Waals surface area contributed by atoms with Crippen molar-refractivity contribution in [2.24, 2.45) is 5.92 Å². The molecule has 1 aliphatic heterocycles. The van der Waals surface area contributed by atoms with Gasteiger partial charge < -0.3 is 19.5 Å². The van der Waals surface area contributed by atoms with Gasteiger partial charge in [0.05, 0.1) is 25.4 Å². The number of nitrogens with one attached hydrogen (secondary N) is 1. The summed E-state index contributed by atoms with van der Waals surface area (Å²) in [5.41, 5.74) is 3.44. The summed E-state index contributed by atoms with van der Waals surface area (Å²) in [5, 5.41) is 3.72. The minimum absolute atomic E-state index is 0.106. The fraction of sp³-hybridized carbons (Fsp3) is 0.348. The summed E-state index contributed by atoms with van der Waals surface area (Å²) in [5.74, 6) is 2.27. The fourth-order valence-electron chi connectivity index (χ4n) is 4.32. The topological polar surface area (TPSA) is 56.8 Å². The molecule has 1 heterocycles. The van der Waals surface area contributed by atoms with Crippen molar-refractivity contribution in [2.75, 3.05) is 19.0 Å². The van der Waals surface area contributed by atoms with Crippen molar-refractivity contribution < 1.29 is 19.0 Å². The highest BCUT2D eigenvalue weighted by molar-refractivity contribution is 5.71. The molecule has 0 amide bonds. The molecule has 0 saturated carbocycles. The van der Waals surface area contributed by atoms with Gasteiger partial charge in [-0.15, -0.1) is 0 Å². The second kappa shape index (κ2) is 7.58. The summed E-state index contributed by atoms with van der Waals surface area (Å²) in [7, 11) is 1.59. The van der Waals surface area contributed by atoms with Crippen molar-refractivity contribution in [3.63, 3.8) is 0 Å². The van der Waals surface area contributed by atoms with Crippen LogP contribution in [0.15, 0.2) is 48.6 Å². The van der Waals surface area contributed by atoms with Gasteiger partial charge in [-0.25, -0.2) is 0 Å². The van der Waals surface area contributed by atoms with Gasteiger partial charge in [0.2, 0.25) is 0 Å². The molecule has 5 heteroatoms. The van der Waals surface area contributed by atoms with Gasteiger partial charge in [-0.3, -0.25) is 4.79 Å². The number of allylic oxidation sites excluding steroid dienone is 2. The molecular weight excluding hydrogens is 354 g/mol. The largest absolute Gasteiger partial charge is 0.493 e. The van der Waals surface area contributed by atoms with Crippen molar-refractivity contribution in [3.8, 4) is 17.2 Å². The van der Waals surface area contributed by atoms with E-state index in [1.165, 1.54) is 12.5 Å². The van der Waals surface area contributed by atoms with E-state index in [9.17, 15) is 4.79 Å². The first-order valence-corrected chi connectivity index (χ1v) is 9.67. The lowest BCUT2D eigenvalue weighted by atomic mass is 9.77. The Kier molecular flexibility index (Phi) is 4.99. The van der Waals surface area contributed by atoms with Crippen LogP contribution in [0.3, 0.4) is 0 Å². The molecule has 3 atom stereocenters. The maximum absolute atomic E-state index is 11.3. The third kappa shape index (κ3) is 3.21. The molecule has 1 N–H and O–H groups in total. The lowest BCUT2D eigenvalue weighted by molar-refractivity contribution is -0.132. The fourth-order valence-corrected chi connectivity index (χ4v) is 4.32. The maximum Gasteiger partial charge on any atom is 0.308 e. The third-order valence-electron chi connectivity index (χ3n) is 5.46. The number of rotatable bonds is 5. The Balaban J connectivity index is 1.74. The van der Waals surface area contributed by atoms with E-state index in [0.29, 0.717) is 29.9 Å². The van der Waals surface area contributed by atoms with Crippen LogP contribution in [0.5, 0.6) is 17.2 Å². The van der Waals surface area contributed by atoms with Gasteiger partial charge in [0.25, 0.3) is 0 Å². The third-order valence-corrected chi connectivity index (χ3v) is 5.46. The summed E-state index contributed by atoms with van der Waals surface area (Å²) >= 11 is 0. The van der Waals surface area contributed by atoms with E-state index in [0.717, 1.165) is 23.4 Å². The minimum Gasteiger partial charge on any atom is -0.493 e. The van der Waals surface area contributed by atoms with E-state index >= 15 is 0 Å². The Morgan fingerprint density at radius 1 is 1.18 bits per heavy atom. The monoisotopic (exact) mass is 379 g/mol. The number of hydrogen-bond acceptors (Lipinski definition) is 5. The first-order chi connectivity index (χ1) is 13.6. The number of methoxy groups -OCH3 is 1. The highest BCUT2D eigenvalue weighted by Gasteiger charge is 2.39. The molecule has 3 unspecified atom stereocenters. The summed E-state index contributed by atoms with van der Waals surface area (Å²) in [4.78, 5) is 11.3. The molecule has 1 aliphatic carbocycles. The first kappa shape index (κ1) is 18.4. The molecule has 28 heavy (non-hydrogen) atoms. The standard InChI is InChI=1S/C23H25NO4/c1-4-27-20-10-6-9-18-16-7-5-8-17(16)22(24-23(18)20)15-11-12-19(28-14(2)25)21(13-15)26-3/h5-7,9-13,16-17,22,24H,4,8H2,1-3H3. The van der Waals surface area contributed by atoms with Crippen molar-refractivity contribution >= 4 is 11.7 Å². The number of benzene rings is 2. The smallest absolute Gasteiger partial charge is 0.308 e. The van der Waals surface area contributed by atoms with E-state index in [4.69, 9.17) is 14.2 Å². The van der Waals surface area contributed by atoms with E-state index in [-0.39, 0.29) is 12.0 Å². The van der Waals surface area contributed by atoms with Crippen molar-refractivity contribution in [1.29, 1.82) is 0 Å². The Bertz CT molecular complexity index is 921. The molecule has 4 rings (SSSR count). The predicted molar refractivity (Wildman–Crippen MR) is 108 cm³/mol. The van der Waals surface area contributed by atoms with Gasteiger partial charge in [0.15, 0.2) is 11.5 Å². The zero-order chi connectivity index (χ0) is 19.7. The van der Waals surface area contributed by atoms with Crippen LogP contribution in [-0.4, -0.2) is 19.7 Å². The number of fused-ring (bicyclic) bond motifs is 3. The van der Waals surface area contributed by atoms with Crippen molar-refractivity contribution in [1.82, 2.24) is 0 Å². The summed E-state index contributed by atoms with van der Waals surface area (Å²) in [6.07, 6.45) is 5.57. The molecule has 0 bridgehead atoms. The summed E-state index contributed by atoms with van der Waals surface area (Å²) in [6.45, 7) is 4.01. The normalized spacial score (nSPS) is 22.0. The van der Waals surface area contributed by atoms with E-state index in [1.807, 2.05) is 25.1 Å². The average Bonchev–Trinajstić information content (AvgIpc) is 3.18. The number of anilines is 1. The van der Waals surface area contributed by atoms with Gasteiger partial charge in [-0.2, -0.15) is 0 Å². The highest BCUT2D eigenvalue weighted by Crippen LogP contribution is 2.52. The van der Waals surface area contributed by atoms with Crippen molar-refractivity contribution in [3.05, 3.63) is 59.7 Å². The molecular formula is C23H25NO4. The second-order valence-electron chi connectivity index (χ2n) is 7.13. The minimum atomic E-state index is -0.364. The zero-order valence-corrected chi connectivity index (χ0v) is 16.4. The Hall–Kier alpha value is -2.95. The van der Waals surface area contributed by atoms with Crippen LogP contribution >= 0.6 is 0 Å². The number of para-hydroxylation sites is 1. The van der Waals surface area contributed by atoms with Crippen LogP contribution in [0.2, 0.25) is 0 Å². The molecule has 2 aliphatic rings. The van der Waals surface area contributed by atoms with Gasteiger partial charge in [-0.05, 0) is 48.6 Å². The van der Waals surface area contributed by atoms with Crippen LogP contribution in [0.25, 0.3) is 0 Å². The Morgan fingerprint density at radius 3 is 2.79 bits per heavy atom. The number of hydrogen-bond donors (Lipinski definition) is 1. The molecule has 0 aromatic heterocycles. The second-order valence-corrected chi connectivity index (χ2v) is 7.13. The van der Waals surface area contributed by atoms with Gasteiger partial charge >= 0.3 is 5.97 Å². The Morgan fingerprint density at radius 2 is 2.04 bits per heavy atom. The number of esters is 1. The molecule has 0 saturated heterocycles. The van der Waals surface area contributed by atoms with Crippen LogP contribution in [0.4, 0.5) is 5.69 Å². The molecule has 0 spiro atoms. The van der Waals surface area contributed by atoms with E-state index in [1.54, 1.807) is 13.2 Å². The summed E-state index contributed by atoms with van der Waals surface area (Å²) < 4.78 is 16.6. The number of carbonyl (C=O) groups excluding carboxylic acids is 1. The molecule has 146 valence electrons. The average molecular weight is 379 g/mol. The lowest BCUT2D eigenvalue weighted by Gasteiger charge is -2.38. The molecule has 0 radical (unpaired) electrons. The lowest BCUT2D eigenvalue weighted by Crippen LogP contribution is -2.29. The van der Waals surface area contributed by atoms with E-state index in [2.05, 4.69) is 29.6 Å². The maximum atomic E-state index is 11.3. The van der Waals surface area contributed by atoms with Gasteiger partial charge in [0, 0.05) is 12.8 Å². The van der Waals surface area contributed by atoms with Gasteiger partial charge in [-0.1, -0.05) is 30.4 Å². The molecule has 5 nitrogen and oxygen atoms in total. The number of carbonyl (C=O) groups is 1. The summed E-state index contributed by atoms with van der Waals surface area (Å²) in [6, 6.07) is 12.1. The zero-order valence-electron chi connectivity index (χ0n) is 16.4. The number of ether oxygens (including phenoxy) is 3. The van der Waals surface area contributed by atoms with Crippen LogP contribution in [0, 0.1) is 5.92 Å². The molecule has 0 fully saturated rings. The van der Waals surface area contributed by atoms with Gasteiger partial charge in [0.1, 0.15) is 5.75 Å². The van der Waals surface area contributed by atoms with E-state index < -0.39 is 0 Å². The van der Waals surface area contributed by atoms with Crippen LogP contribution < -0.4 is 19.5 Å². The molecule has 2 aromatic carbocycles. The van der Waals surface area contributed by atoms with Crippen LogP contribution in [0.1, 0.15) is 43.4 Å².